The highest BCUT2D eigenvalue weighted by Gasteiger charge is 2.05. The minimum atomic E-state index is -0.150. The average molecular weight is 461 g/mol. The van der Waals surface area contributed by atoms with Crippen LogP contribution in [0.2, 0.25) is 0 Å². The summed E-state index contributed by atoms with van der Waals surface area (Å²) in [6.45, 7) is 6.24. The summed E-state index contributed by atoms with van der Waals surface area (Å²) in [5.74, 6) is 0.908. The molecule has 2 aromatic rings. The molecule has 9 nitrogen and oxygen atoms in total. The van der Waals surface area contributed by atoms with Gasteiger partial charge >= 0.3 is 0 Å². The zero-order valence-corrected chi connectivity index (χ0v) is 19.1. The van der Waals surface area contributed by atoms with E-state index in [1.165, 1.54) is 13.8 Å². The molecule has 33 heavy (non-hydrogen) atoms. The summed E-state index contributed by atoms with van der Waals surface area (Å²) < 4.78 is 27.7. The maximum absolute atomic E-state index is 11.2. The number of rotatable bonds is 16. The monoisotopic (exact) mass is 460 g/mol. The van der Waals surface area contributed by atoms with E-state index in [0.29, 0.717) is 75.7 Å². The number of ether oxygens (including phenoxy) is 5. The third-order valence-electron chi connectivity index (χ3n) is 4.11. The van der Waals surface area contributed by atoms with E-state index in [2.05, 4.69) is 10.6 Å². The Bertz CT molecular complexity index is 791. The quantitative estimate of drug-likeness (QED) is 0.371. The summed E-state index contributed by atoms with van der Waals surface area (Å²) in [5.41, 5.74) is 1.27. The van der Waals surface area contributed by atoms with E-state index in [4.69, 9.17) is 23.7 Å². The van der Waals surface area contributed by atoms with E-state index in [-0.39, 0.29) is 11.8 Å². The summed E-state index contributed by atoms with van der Waals surface area (Å²) in [5, 5.41) is 5.45. The van der Waals surface area contributed by atoms with Crippen molar-refractivity contribution in [3.63, 3.8) is 0 Å². The number of nitrogens with one attached hydrogen (secondary N) is 2. The van der Waals surface area contributed by atoms with Gasteiger partial charge in [-0.1, -0.05) is 24.3 Å². The molecule has 0 aliphatic rings. The molecule has 180 valence electrons. The summed E-state index contributed by atoms with van der Waals surface area (Å²) >= 11 is 0. The first-order valence-electron chi connectivity index (χ1n) is 10.8. The van der Waals surface area contributed by atoms with E-state index >= 15 is 0 Å². The SMILES string of the molecule is CC(=O)Nc1ccccc1OCCOCCOCCOCCOc1ccccc1NC(C)=O. The van der Waals surface area contributed by atoms with Crippen molar-refractivity contribution in [1.82, 2.24) is 0 Å². The number of carbonyl (C=O) groups excluding carboxylic acids is 2. The average Bonchev–Trinajstić information content (AvgIpc) is 2.78. The van der Waals surface area contributed by atoms with Crippen LogP contribution in [0.15, 0.2) is 48.5 Å². The smallest absolute Gasteiger partial charge is 0.221 e. The van der Waals surface area contributed by atoms with Gasteiger partial charge in [0.25, 0.3) is 0 Å². The van der Waals surface area contributed by atoms with Gasteiger partial charge in [-0.25, -0.2) is 0 Å². The van der Waals surface area contributed by atoms with Crippen LogP contribution in [0.25, 0.3) is 0 Å². The Labute approximate surface area is 194 Å². The van der Waals surface area contributed by atoms with Gasteiger partial charge in [-0.2, -0.15) is 0 Å². The van der Waals surface area contributed by atoms with Crippen LogP contribution in [-0.4, -0.2) is 64.7 Å². The minimum absolute atomic E-state index is 0.150. The molecule has 0 fully saturated rings. The lowest BCUT2D eigenvalue weighted by molar-refractivity contribution is -0.115. The van der Waals surface area contributed by atoms with E-state index in [1.54, 1.807) is 24.3 Å². The molecular formula is C24H32N2O7. The number of carbonyl (C=O) groups is 2. The molecule has 0 atom stereocenters. The summed E-state index contributed by atoms with van der Waals surface area (Å²) in [4.78, 5) is 22.4. The van der Waals surface area contributed by atoms with Gasteiger partial charge in [0.15, 0.2) is 0 Å². The Morgan fingerprint density at radius 3 is 1.27 bits per heavy atom. The Kier molecular flexibility index (Phi) is 12.4. The molecule has 2 rings (SSSR count). The van der Waals surface area contributed by atoms with Crippen LogP contribution < -0.4 is 20.1 Å². The summed E-state index contributed by atoms with van der Waals surface area (Å²) in [6, 6.07) is 14.5. The van der Waals surface area contributed by atoms with Crippen LogP contribution in [0.3, 0.4) is 0 Å². The molecule has 0 aliphatic heterocycles. The highest BCUT2D eigenvalue weighted by atomic mass is 16.6. The largest absolute Gasteiger partial charge is 0.489 e. The lowest BCUT2D eigenvalue weighted by atomic mass is 10.3. The van der Waals surface area contributed by atoms with Crippen molar-refractivity contribution in [2.24, 2.45) is 0 Å². The highest BCUT2D eigenvalue weighted by Crippen LogP contribution is 2.24. The second-order valence-electron chi connectivity index (χ2n) is 6.89. The van der Waals surface area contributed by atoms with Crippen molar-refractivity contribution in [1.29, 1.82) is 0 Å². The van der Waals surface area contributed by atoms with Gasteiger partial charge in [0.1, 0.15) is 24.7 Å². The van der Waals surface area contributed by atoms with Gasteiger partial charge in [-0.05, 0) is 24.3 Å². The van der Waals surface area contributed by atoms with Crippen molar-refractivity contribution in [3.8, 4) is 11.5 Å². The minimum Gasteiger partial charge on any atom is -0.489 e. The molecule has 0 spiro atoms. The third kappa shape index (κ3) is 11.3. The number of hydrogen-bond donors (Lipinski definition) is 2. The summed E-state index contributed by atoms with van der Waals surface area (Å²) in [6.07, 6.45) is 0. The Balaban J connectivity index is 1.44. The molecule has 2 amide bonds. The van der Waals surface area contributed by atoms with Crippen LogP contribution in [-0.2, 0) is 23.8 Å². The normalized spacial score (nSPS) is 10.5. The van der Waals surface area contributed by atoms with Crippen molar-refractivity contribution in [2.75, 3.05) is 63.5 Å². The van der Waals surface area contributed by atoms with Crippen molar-refractivity contribution in [3.05, 3.63) is 48.5 Å². The first-order valence-corrected chi connectivity index (χ1v) is 10.8. The van der Waals surface area contributed by atoms with Crippen LogP contribution in [0.1, 0.15) is 13.8 Å². The van der Waals surface area contributed by atoms with Crippen LogP contribution in [0.4, 0.5) is 11.4 Å². The topological polar surface area (TPSA) is 104 Å². The second kappa shape index (κ2) is 15.6. The number of anilines is 2. The summed E-state index contributed by atoms with van der Waals surface area (Å²) in [7, 11) is 0. The molecule has 2 aromatic carbocycles. The predicted octanol–water partition coefficient (Wildman–Crippen LogP) is 3.11. The maximum Gasteiger partial charge on any atom is 0.221 e. The molecule has 0 aromatic heterocycles. The van der Waals surface area contributed by atoms with E-state index in [1.807, 2.05) is 24.3 Å². The fourth-order valence-electron chi connectivity index (χ4n) is 2.73. The first kappa shape index (κ1) is 26.1. The number of hydrogen-bond acceptors (Lipinski definition) is 7. The lowest BCUT2D eigenvalue weighted by Crippen LogP contribution is -2.15. The third-order valence-corrected chi connectivity index (χ3v) is 4.11. The van der Waals surface area contributed by atoms with Gasteiger partial charge in [0, 0.05) is 13.8 Å². The number of benzene rings is 2. The van der Waals surface area contributed by atoms with Crippen molar-refractivity contribution >= 4 is 23.2 Å². The molecule has 0 radical (unpaired) electrons. The van der Waals surface area contributed by atoms with Gasteiger partial charge in [-0.15, -0.1) is 0 Å². The van der Waals surface area contributed by atoms with Gasteiger partial charge in [0.2, 0.25) is 11.8 Å². The van der Waals surface area contributed by atoms with Gasteiger partial charge in [0.05, 0.1) is 51.0 Å². The zero-order valence-electron chi connectivity index (χ0n) is 19.1. The second-order valence-corrected chi connectivity index (χ2v) is 6.89. The van der Waals surface area contributed by atoms with Crippen LogP contribution >= 0.6 is 0 Å². The number of amides is 2. The predicted molar refractivity (Wildman–Crippen MR) is 125 cm³/mol. The molecule has 9 heteroatoms. The van der Waals surface area contributed by atoms with Gasteiger partial charge in [-0.3, -0.25) is 9.59 Å². The van der Waals surface area contributed by atoms with Crippen LogP contribution in [0, 0.1) is 0 Å². The zero-order chi connectivity index (χ0) is 23.7. The fraction of sp³-hybridized carbons (Fsp3) is 0.417. The van der Waals surface area contributed by atoms with Gasteiger partial charge < -0.3 is 34.3 Å². The standard InChI is InChI=1S/C24H32N2O7/c1-19(27)25-21-7-3-5-9-23(21)32-17-15-30-13-11-29-12-14-31-16-18-33-24-10-6-4-8-22(24)26-20(2)28/h3-10H,11-18H2,1-2H3,(H,25,27)(H,26,28). The number of para-hydroxylation sites is 4. The molecule has 0 bridgehead atoms. The Hall–Kier alpha value is -3.14. The van der Waals surface area contributed by atoms with Crippen LogP contribution in [0.5, 0.6) is 11.5 Å². The molecule has 0 unspecified atom stereocenters. The molecule has 0 aliphatic carbocycles. The fourth-order valence-corrected chi connectivity index (χ4v) is 2.73. The molecular weight excluding hydrogens is 428 g/mol. The highest BCUT2D eigenvalue weighted by molar-refractivity contribution is 5.90. The molecule has 0 saturated carbocycles. The molecule has 0 saturated heterocycles. The lowest BCUT2D eigenvalue weighted by Gasteiger charge is -2.12. The van der Waals surface area contributed by atoms with Crippen molar-refractivity contribution < 1.29 is 33.3 Å². The Morgan fingerprint density at radius 2 is 0.909 bits per heavy atom. The van der Waals surface area contributed by atoms with E-state index in [9.17, 15) is 9.59 Å². The van der Waals surface area contributed by atoms with E-state index < -0.39 is 0 Å². The Morgan fingerprint density at radius 1 is 0.576 bits per heavy atom. The first-order chi connectivity index (χ1) is 16.1. The van der Waals surface area contributed by atoms with E-state index in [0.717, 1.165) is 0 Å². The maximum atomic E-state index is 11.2. The molecule has 0 heterocycles. The van der Waals surface area contributed by atoms with Crippen molar-refractivity contribution in [2.45, 2.75) is 13.8 Å². The molecule has 2 N–H and O–H groups in total.